The maximum atomic E-state index is 12.1. The number of benzene rings is 1. The number of rotatable bonds is 6. The molecule has 31 heavy (non-hydrogen) atoms. The molecular weight excluding hydrogens is 509 g/mol. The van der Waals surface area contributed by atoms with E-state index < -0.39 is 11.7 Å². The van der Waals surface area contributed by atoms with Crippen LogP contribution in [0.5, 0.6) is 0 Å². The summed E-state index contributed by atoms with van der Waals surface area (Å²) in [6.07, 6.45) is -0.00806. The first-order chi connectivity index (χ1) is 14.1. The minimum Gasteiger partial charge on any atom is -0.444 e. The van der Waals surface area contributed by atoms with Gasteiger partial charge in [-0.05, 0) is 38.3 Å². The van der Waals surface area contributed by atoms with Gasteiger partial charge in [-0.15, -0.1) is 24.0 Å². The average molecular weight is 545 g/mol. The van der Waals surface area contributed by atoms with Crippen molar-refractivity contribution in [3.05, 3.63) is 29.8 Å². The van der Waals surface area contributed by atoms with Crippen LogP contribution in [-0.2, 0) is 9.53 Å². The number of guanidine groups is 1. The molecule has 2 rings (SSSR count). The average Bonchev–Trinajstić information content (AvgIpc) is 2.65. The SMILES string of the molecule is CN=C(NCC1CC(=O)Nc2ccccc21)NCC(NC(=O)OC(C)(C)C)C(C)C.I. The van der Waals surface area contributed by atoms with Crippen LogP contribution in [0.4, 0.5) is 10.5 Å². The molecular formula is C22H36IN5O3. The zero-order valence-electron chi connectivity index (χ0n) is 19.2. The fourth-order valence-electron chi connectivity index (χ4n) is 3.24. The molecule has 2 atom stereocenters. The lowest BCUT2D eigenvalue weighted by Crippen LogP contribution is -2.50. The van der Waals surface area contributed by atoms with E-state index in [2.05, 4.69) is 26.3 Å². The fraction of sp³-hybridized carbons (Fsp3) is 0.591. The molecule has 1 aliphatic heterocycles. The number of nitrogens with zero attached hydrogens (tertiary/aromatic N) is 1. The summed E-state index contributed by atoms with van der Waals surface area (Å²) in [5.41, 5.74) is 1.44. The van der Waals surface area contributed by atoms with Crippen molar-refractivity contribution in [1.29, 1.82) is 0 Å². The number of hydrogen-bond donors (Lipinski definition) is 4. The van der Waals surface area contributed by atoms with Crippen molar-refractivity contribution in [2.45, 2.75) is 58.6 Å². The number of amides is 2. The number of anilines is 1. The zero-order chi connectivity index (χ0) is 22.3. The topological polar surface area (TPSA) is 104 Å². The first kappa shape index (κ1) is 27.0. The molecule has 8 nitrogen and oxygen atoms in total. The lowest BCUT2D eigenvalue weighted by Gasteiger charge is -2.28. The first-order valence-corrected chi connectivity index (χ1v) is 10.4. The highest BCUT2D eigenvalue weighted by Gasteiger charge is 2.25. The number of hydrogen-bond acceptors (Lipinski definition) is 4. The minimum absolute atomic E-state index is 0. The normalized spacial score (nSPS) is 17.1. The molecule has 0 radical (unpaired) electrons. The smallest absolute Gasteiger partial charge is 0.407 e. The quantitative estimate of drug-likeness (QED) is 0.249. The van der Waals surface area contributed by atoms with Crippen LogP contribution in [0.25, 0.3) is 0 Å². The summed E-state index contributed by atoms with van der Waals surface area (Å²) < 4.78 is 5.36. The number of alkyl carbamates (subject to hydrolysis) is 1. The van der Waals surface area contributed by atoms with Crippen molar-refractivity contribution in [3.8, 4) is 0 Å². The summed E-state index contributed by atoms with van der Waals surface area (Å²) in [6.45, 7) is 10.7. The maximum Gasteiger partial charge on any atom is 0.407 e. The van der Waals surface area contributed by atoms with Crippen molar-refractivity contribution < 1.29 is 14.3 Å². The van der Waals surface area contributed by atoms with Gasteiger partial charge in [-0.1, -0.05) is 32.0 Å². The first-order valence-electron chi connectivity index (χ1n) is 10.4. The summed E-state index contributed by atoms with van der Waals surface area (Å²) in [4.78, 5) is 28.4. The number of halogens is 1. The van der Waals surface area contributed by atoms with E-state index in [1.807, 2.05) is 58.9 Å². The third-order valence-corrected chi connectivity index (χ3v) is 4.84. The monoisotopic (exact) mass is 545 g/mol. The van der Waals surface area contributed by atoms with Crippen molar-refractivity contribution in [2.24, 2.45) is 10.9 Å². The molecule has 0 saturated carbocycles. The Bertz CT molecular complexity index is 777. The molecule has 2 unspecified atom stereocenters. The Morgan fingerprint density at radius 1 is 1.26 bits per heavy atom. The van der Waals surface area contributed by atoms with Gasteiger partial charge in [0, 0.05) is 38.2 Å². The van der Waals surface area contributed by atoms with Crippen LogP contribution in [0, 0.1) is 5.92 Å². The van der Waals surface area contributed by atoms with Gasteiger partial charge in [0.1, 0.15) is 5.60 Å². The van der Waals surface area contributed by atoms with Gasteiger partial charge in [0.25, 0.3) is 0 Å². The van der Waals surface area contributed by atoms with Crippen LogP contribution >= 0.6 is 24.0 Å². The van der Waals surface area contributed by atoms with Gasteiger partial charge < -0.3 is 26.0 Å². The molecule has 1 heterocycles. The third-order valence-electron chi connectivity index (χ3n) is 4.84. The minimum atomic E-state index is -0.542. The number of aliphatic imine (C=N–C) groups is 1. The molecule has 0 spiro atoms. The van der Waals surface area contributed by atoms with E-state index in [1.54, 1.807) is 7.05 Å². The van der Waals surface area contributed by atoms with Gasteiger partial charge in [0.2, 0.25) is 5.91 Å². The molecule has 0 bridgehead atoms. The van der Waals surface area contributed by atoms with Gasteiger partial charge in [0.05, 0.1) is 6.04 Å². The Balaban J connectivity index is 0.00000480. The Morgan fingerprint density at radius 3 is 2.55 bits per heavy atom. The van der Waals surface area contributed by atoms with Crippen molar-refractivity contribution in [3.63, 3.8) is 0 Å². The number of carbonyl (C=O) groups is 2. The third kappa shape index (κ3) is 8.92. The number of fused-ring (bicyclic) bond motifs is 1. The predicted molar refractivity (Wildman–Crippen MR) is 135 cm³/mol. The Hall–Kier alpha value is -2.04. The summed E-state index contributed by atoms with van der Waals surface area (Å²) in [7, 11) is 1.70. The van der Waals surface area contributed by atoms with Gasteiger partial charge in [-0.25, -0.2) is 4.79 Å². The van der Waals surface area contributed by atoms with E-state index in [4.69, 9.17) is 4.74 Å². The molecule has 4 N–H and O–H groups in total. The van der Waals surface area contributed by atoms with Crippen LogP contribution in [0.2, 0.25) is 0 Å². The van der Waals surface area contributed by atoms with E-state index in [0.717, 1.165) is 11.3 Å². The highest BCUT2D eigenvalue weighted by atomic mass is 127. The lowest BCUT2D eigenvalue weighted by molar-refractivity contribution is -0.116. The highest BCUT2D eigenvalue weighted by Crippen LogP contribution is 2.31. The summed E-state index contributed by atoms with van der Waals surface area (Å²) in [5, 5.41) is 12.4. The van der Waals surface area contributed by atoms with Gasteiger partial charge >= 0.3 is 6.09 Å². The molecule has 0 saturated heterocycles. The lowest BCUT2D eigenvalue weighted by atomic mass is 9.90. The van der Waals surface area contributed by atoms with Crippen molar-refractivity contribution in [1.82, 2.24) is 16.0 Å². The molecule has 174 valence electrons. The van der Waals surface area contributed by atoms with Crippen molar-refractivity contribution >= 4 is 47.6 Å². The van der Waals surface area contributed by atoms with Crippen LogP contribution in [0.15, 0.2) is 29.3 Å². The summed E-state index contributed by atoms with van der Waals surface area (Å²) >= 11 is 0. The van der Waals surface area contributed by atoms with E-state index in [1.165, 1.54) is 0 Å². The standard InChI is InChI=1S/C22H35N5O3.HI/c1-14(2)18(27-21(29)30-22(3,4)5)13-25-20(23-6)24-12-15-11-19(28)26-17-10-8-7-9-16(15)17;/h7-10,14-15,18H,11-13H2,1-6H3,(H,26,28)(H,27,29)(H2,23,24,25);1H. The van der Waals surface area contributed by atoms with Crippen LogP contribution < -0.4 is 21.3 Å². The van der Waals surface area contributed by atoms with E-state index >= 15 is 0 Å². The number of para-hydroxylation sites is 1. The van der Waals surface area contributed by atoms with Crippen molar-refractivity contribution in [2.75, 3.05) is 25.5 Å². The zero-order valence-corrected chi connectivity index (χ0v) is 21.6. The van der Waals surface area contributed by atoms with E-state index in [-0.39, 0.29) is 47.8 Å². The fourth-order valence-corrected chi connectivity index (χ4v) is 3.24. The Kier molecular flexibility index (Phi) is 10.5. The van der Waals surface area contributed by atoms with Crippen LogP contribution in [-0.4, -0.2) is 49.7 Å². The maximum absolute atomic E-state index is 12.1. The molecule has 0 aromatic heterocycles. The van der Waals surface area contributed by atoms with Gasteiger partial charge in [-0.3, -0.25) is 9.79 Å². The summed E-state index contributed by atoms with van der Waals surface area (Å²) in [5.74, 6) is 0.909. The van der Waals surface area contributed by atoms with Crippen LogP contribution in [0.1, 0.15) is 52.5 Å². The van der Waals surface area contributed by atoms with Crippen LogP contribution in [0.3, 0.4) is 0 Å². The van der Waals surface area contributed by atoms with E-state index in [0.29, 0.717) is 25.5 Å². The summed E-state index contributed by atoms with van der Waals surface area (Å²) in [6, 6.07) is 7.73. The Labute approximate surface area is 202 Å². The van der Waals surface area contributed by atoms with E-state index in [9.17, 15) is 9.59 Å². The second-order valence-corrected chi connectivity index (χ2v) is 8.87. The predicted octanol–water partition coefficient (Wildman–Crippen LogP) is 3.44. The van der Waals surface area contributed by atoms with Gasteiger partial charge in [0.15, 0.2) is 5.96 Å². The molecule has 1 aromatic carbocycles. The molecule has 1 aromatic rings. The number of nitrogens with one attached hydrogen (secondary N) is 4. The molecule has 0 aliphatic carbocycles. The van der Waals surface area contributed by atoms with Gasteiger partial charge in [-0.2, -0.15) is 0 Å². The molecule has 9 heteroatoms. The Morgan fingerprint density at radius 2 is 1.94 bits per heavy atom. The number of carbonyl (C=O) groups excluding carboxylic acids is 2. The largest absolute Gasteiger partial charge is 0.444 e. The molecule has 2 amide bonds. The number of ether oxygens (including phenoxy) is 1. The second-order valence-electron chi connectivity index (χ2n) is 8.87. The molecule has 1 aliphatic rings. The second kappa shape index (κ2) is 12.1. The molecule has 0 fully saturated rings. The highest BCUT2D eigenvalue weighted by molar-refractivity contribution is 14.0.